The van der Waals surface area contributed by atoms with Crippen molar-refractivity contribution in [1.82, 2.24) is 0 Å². The molecule has 137 valence electrons. The van der Waals surface area contributed by atoms with E-state index in [4.69, 9.17) is 0 Å². The van der Waals surface area contributed by atoms with Gasteiger partial charge in [-0.25, -0.2) is 34.9 Å². The summed E-state index contributed by atoms with van der Waals surface area (Å²) in [7, 11) is 0. The van der Waals surface area contributed by atoms with Gasteiger partial charge in [-0.15, -0.1) is 19.3 Å². The van der Waals surface area contributed by atoms with Gasteiger partial charge in [0.05, 0.1) is 0 Å². The number of rotatable bonds is 3. The summed E-state index contributed by atoms with van der Waals surface area (Å²) >= 11 is 0. The van der Waals surface area contributed by atoms with Crippen LogP contribution in [0.15, 0.2) is 53.2 Å². The molecule has 3 rings (SSSR count). The molecule has 0 heterocycles. The molecule has 0 N–H and O–H groups in total. The fourth-order valence-corrected chi connectivity index (χ4v) is 2.45. The Labute approximate surface area is 168 Å². The maximum absolute atomic E-state index is 3.26. The Morgan fingerprint density at radius 2 is 0.800 bits per heavy atom. The van der Waals surface area contributed by atoms with Gasteiger partial charge in [0.25, 0.3) is 0 Å². The predicted octanol–water partition coefficient (Wildman–Crippen LogP) is 6.99. The Hall–Kier alpha value is -0.976. The molecule has 0 aromatic carbocycles. The van der Waals surface area contributed by atoms with Crippen LogP contribution in [-0.2, 0) is 18.6 Å². The molecule has 0 atom stereocenters. The van der Waals surface area contributed by atoms with Crippen LogP contribution in [-0.4, -0.2) is 0 Å². The smallest absolute Gasteiger partial charge is 0 e. The normalized spacial score (nSPS) is 16.9. The molecule has 1 radical (unpaired) electrons. The third-order valence-corrected chi connectivity index (χ3v) is 4.03. The van der Waals surface area contributed by atoms with Crippen LogP contribution in [0.4, 0.5) is 0 Å². The summed E-state index contributed by atoms with van der Waals surface area (Å²) in [5, 5.41) is 0. The van der Waals surface area contributed by atoms with Crippen LogP contribution in [0.5, 0.6) is 0 Å². The minimum Gasteiger partial charge on any atom is -0.269 e. The van der Waals surface area contributed by atoms with E-state index < -0.39 is 0 Å². The zero-order valence-corrected chi connectivity index (χ0v) is 18.2. The van der Waals surface area contributed by atoms with Crippen molar-refractivity contribution in [2.24, 2.45) is 17.8 Å². The van der Waals surface area contributed by atoms with E-state index in [0.29, 0.717) is 17.8 Å². The van der Waals surface area contributed by atoms with Crippen LogP contribution in [0.1, 0.15) is 60.8 Å². The summed E-state index contributed by atoms with van der Waals surface area (Å²) in [6.45, 7) is 13.2. The molecule has 0 aliphatic heterocycles. The molecule has 0 nitrogen and oxygen atoms in total. The van der Waals surface area contributed by atoms with Gasteiger partial charge in [0, 0.05) is 18.6 Å². The third-order valence-electron chi connectivity index (χ3n) is 4.03. The molecule has 0 bridgehead atoms. The Morgan fingerprint density at radius 3 is 0.880 bits per heavy atom. The maximum Gasteiger partial charge on any atom is 0 e. The van der Waals surface area contributed by atoms with Gasteiger partial charge >= 0.3 is 0 Å². The zero-order chi connectivity index (χ0) is 17.9. The standard InChI is InChI=1S/3C8H11.V/c3*1-7(2)8-5-3-4-6-8;/h3*3,5,7H,4H2,1-2H3;/q3*-1;. The molecule has 0 spiro atoms. The molecule has 25 heavy (non-hydrogen) atoms. The maximum atomic E-state index is 3.26. The summed E-state index contributed by atoms with van der Waals surface area (Å²) in [5.74, 6) is 1.98. The molecular formula is C24H33V-3. The van der Waals surface area contributed by atoms with Crippen LogP contribution < -0.4 is 0 Å². The van der Waals surface area contributed by atoms with Crippen molar-refractivity contribution in [2.45, 2.75) is 60.8 Å². The van der Waals surface area contributed by atoms with Crippen molar-refractivity contribution in [2.75, 3.05) is 0 Å². The third kappa shape index (κ3) is 9.92. The fraction of sp³-hybridized carbons (Fsp3) is 0.500. The van der Waals surface area contributed by atoms with Crippen LogP contribution in [0.2, 0.25) is 0 Å². The summed E-state index contributed by atoms with van der Waals surface area (Å²) in [6, 6.07) is 0. The minimum absolute atomic E-state index is 0. The number of allylic oxidation sites excluding steroid dienone is 12. The number of hydrogen-bond donors (Lipinski definition) is 0. The van der Waals surface area contributed by atoms with Crippen molar-refractivity contribution in [1.29, 1.82) is 0 Å². The van der Waals surface area contributed by atoms with E-state index >= 15 is 0 Å². The van der Waals surface area contributed by atoms with E-state index in [-0.39, 0.29) is 18.6 Å². The van der Waals surface area contributed by atoms with Crippen molar-refractivity contribution in [3.8, 4) is 0 Å². The van der Waals surface area contributed by atoms with Gasteiger partial charge < -0.3 is 0 Å². The van der Waals surface area contributed by atoms with E-state index in [1.54, 1.807) is 0 Å². The first kappa shape index (κ1) is 24.0. The van der Waals surface area contributed by atoms with E-state index in [0.717, 1.165) is 19.3 Å². The Morgan fingerprint density at radius 1 is 0.560 bits per heavy atom. The van der Waals surface area contributed by atoms with Gasteiger partial charge in [-0.3, -0.25) is 18.2 Å². The average Bonchev–Trinajstić information content (AvgIpc) is 3.29. The van der Waals surface area contributed by atoms with E-state index in [1.165, 1.54) is 16.7 Å². The molecule has 3 aliphatic rings. The van der Waals surface area contributed by atoms with E-state index in [9.17, 15) is 0 Å². The second-order valence-corrected chi connectivity index (χ2v) is 7.18. The zero-order valence-electron chi connectivity index (χ0n) is 16.8. The van der Waals surface area contributed by atoms with Gasteiger partial charge in [-0.2, -0.15) is 18.2 Å². The quantitative estimate of drug-likeness (QED) is 0.468. The van der Waals surface area contributed by atoms with Crippen LogP contribution in [0, 0.1) is 36.0 Å². The first-order valence-electron chi connectivity index (χ1n) is 9.23. The summed E-state index contributed by atoms with van der Waals surface area (Å²) in [5.41, 5.74) is 4.10. The van der Waals surface area contributed by atoms with E-state index in [2.05, 4.69) is 96.2 Å². The van der Waals surface area contributed by atoms with Crippen LogP contribution in [0.3, 0.4) is 0 Å². The van der Waals surface area contributed by atoms with Crippen molar-refractivity contribution >= 4 is 0 Å². The summed E-state index contributed by atoms with van der Waals surface area (Å²) < 4.78 is 0. The van der Waals surface area contributed by atoms with Gasteiger partial charge in [0.1, 0.15) is 0 Å². The molecule has 0 amide bonds. The largest absolute Gasteiger partial charge is 0.269 e. The first-order chi connectivity index (χ1) is 11.4. The molecule has 0 aromatic rings. The van der Waals surface area contributed by atoms with Gasteiger partial charge in [-0.1, -0.05) is 59.3 Å². The van der Waals surface area contributed by atoms with Gasteiger partial charge in [0.15, 0.2) is 0 Å². The Kier molecular flexibility index (Phi) is 12.7. The molecule has 0 aromatic heterocycles. The first-order valence-corrected chi connectivity index (χ1v) is 9.23. The molecule has 0 fully saturated rings. The fourth-order valence-electron chi connectivity index (χ4n) is 2.45. The minimum atomic E-state index is 0. The second kappa shape index (κ2) is 13.3. The van der Waals surface area contributed by atoms with Crippen LogP contribution >= 0.6 is 0 Å². The molecular weight excluding hydrogens is 339 g/mol. The average molecular weight is 372 g/mol. The molecule has 1 heteroatoms. The molecule has 0 saturated carbocycles. The predicted molar refractivity (Wildman–Crippen MR) is 106 cm³/mol. The topological polar surface area (TPSA) is 0 Å². The van der Waals surface area contributed by atoms with Crippen molar-refractivity contribution < 1.29 is 18.6 Å². The monoisotopic (exact) mass is 372 g/mol. The molecule has 0 unspecified atom stereocenters. The van der Waals surface area contributed by atoms with Gasteiger partial charge in [-0.05, 0) is 0 Å². The van der Waals surface area contributed by atoms with Gasteiger partial charge in [0.2, 0.25) is 0 Å². The van der Waals surface area contributed by atoms with Crippen molar-refractivity contribution in [3.63, 3.8) is 0 Å². The SMILES string of the molecule is CC(C)C1=[C-]CC=C1.CC(C)C1=[C-]CC=C1.CC(C)C1=[C-]CC=C1.[V]. The second-order valence-electron chi connectivity index (χ2n) is 7.18. The van der Waals surface area contributed by atoms with Crippen LogP contribution in [0.25, 0.3) is 0 Å². The summed E-state index contributed by atoms with van der Waals surface area (Å²) in [4.78, 5) is 0. The summed E-state index contributed by atoms with van der Waals surface area (Å²) in [6.07, 6.45) is 25.8. The van der Waals surface area contributed by atoms with Crippen molar-refractivity contribution in [3.05, 3.63) is 71.4 Å². The molecule has 0 saturated heterocycles. The van der Waals surface area contributed by atoms with E-state index in [1.807, 2.05) is 0 Å². The Balaban J connectivity index is 0.000000339. The number of hydrogen-bond acceptors (Lipinski definition) is 0. The molecule has 3 aliphatic carbocycles. The Bertz CT molecular complexity index is 468.